The molecular weight excluding hydrogens is 505 g/mol. The number of carbonyl (C=O) groups excluding carboxylic acids is 1. The number of halogens is 1. The number of amides is 1. The molecule has 1 amide bonds. The van der Waals surface area contributed by atoms with Gasteiger partial charge in [0.25, 0.3) is 0 Å². The molecule has 2 aromatic rings. The summed E-state index contributed by atoms with van der Waals surface area (Å²) < 4.78 is 22.6. The van der Waals surface area contributed by atoms with Crippen LogP contribution in [0.15, 0.2) is 58.4 Å². The summed E-state index contributed by atoms with van der Waals surface area (Å²) in [6, 6.07) is 14.1. The van der Waals surface area contributed by atoms with Crippen molar-refractivity contribution in [1.82, 2.24) is 10.6 Å². The minimum absolute atomic E-state index is 0. The normalized spacial score (nSPS) is 16.3. The molecule has 8 nitrogen and oxygen atoms in total. The zero-order valence-corrected chi connectivity index (χ0v) is 19.0. The fourth-order valence-electron chi connectivity index (χ4n) is 3.11. The number of fused-ring (bicyclic) bond motifs is 1. The van der Waals surface area contributed by atoms with E-state index in [2.05, 4.69) is 20.9 Å². The van der Waals surface area contributed by atoms with E-state index in [1.54, 1.807) is 19.2 Å². The van der Waals surface area contributed by atoms with E-state index in [1.165, 1.54) is 12.1 Å². The fraction of sp³-hybridized carbons (Fsp3) is 0.263. The van der Waals surface area contributed by atoms with E-state index in [0.29, 0.717) is 25.5 Å². The average molecular weight is 529 g/mol. The van der Waals surface area contributed by atoms with Crippen LogP contribution in [0.3, 0.4) is 0 Å². The Balaban J connectivity index is 0.00000300. The molecule has 1 heterocycles. The Bertz CT molecular complexity index is 993. The Morgan fingerprint density at radius 3 is 2.52 bits per heavy atom. The van der Waals surface area contributed by atoms with Crippen molar-refractivity contribution >= 4 is 51.6 Å². The first-order chi connectivity index (χ1) is 13.4. The van der Waals surface area contributed by atoms with Crippen LogP contribution in [-0.4, -0.2) is 33.9 Å². The monoisotopic (exact) mass is 529 g/mol. The number of nitrogens with two attached hydrogens (primary N) is 1. The van der Waals surface area contributed by atoms with E-state index in [4.69, 9.17) is 5.14 Å². The van der Waals surface area contributed by atoms with Crippen molar-refractivity contribution in [3.63, 3.8) is 0 Å². The van der Waals surface area contributed by atoms with Gasteiger partial charge in [0.05, 0.1) is 4.90 Å². The van der Waals surface area contributed by atoms with Crippen LogP contribution in [-0.2, 0) is 21.4 Å². The maximum Gasteiger partial charge on any atom is 0.238 e. The third-order valence-electron chi connectivity index (χ3n) is 4.56. The quantitative estimate of drug-likeness (QED) is 0.267. The van der Waals surface area contributed by atoms with Gasteiger partial charge in [-0.3, -0.25) is 9.79 Å². The Morgan fingerprint density at radius 2 is 1.86 bits per heavy atom. The third kappa shape index (κ3) is 6.15. The first kappa shape index (κ1) is 23.1. The number of nitrogens with one attached hydrogen (secondary N) is 3. The number of sulfonamides is 1. The van der Waals surface area contributed by atoms with Crippen LogP contribution in [0.1, 0.15) is 23.5 Å². The molecule has 1 unspecified atom stereocenters. The van der Waals surface area contributed by atoms with Crippen LogP contribution < -0.4 is 21.1 Å². The zero-order valence-electron chi connectivity index (χ0n) is 15.9. The highest BCUT2D eigenvalue weighted by Crippen LogP contribution is 2.31. The van der Waals surface area contributed by atoms with Gasteiger partial charge in [0, 0.05) is 38.2 Å². The van der Waals surface area contributed by atoms with Gasteiger partial charge in [-0.15, -0.1) is 24.0 Å². The molecule has 1 aliphatic heterocycles. The molecule has 156 valence electrons. The Hall–Kier alpha value is -2.18. The van der Waals surface area contributed by atoms with Gasteiger partial charge in [-0.05, 0) is 29.3 Å². The van der Waals surface area contributed by atoms with Gasteiger partial charge in [0.2, 0.25) is 15.9 Å². The van der Waals surface area contributed by atoms with Crippen LogP contribution in [0.25, 0.3) is 0 Å². The Morgan fingerprint density at radius 1 is 1.17 bits per heavy atom. The highest BCUT2D eigenvalue weighted by molar-refractivity contribution is 14.0. The van der Waals surface area contributed by atoms with Gasteiger partial charge in [-0.2, -0.15) is 0 Å². The first-order valence-corrected chi connectivity index (χ1v) is 10.4. The summed E-state index contributed by atoms with van der Waals surface area (Å²) in [4.78, 5) is 16.2. The number of rotatable bonds is 5. The number of hydrogen-bond donors (Lipinski definition) is 4. The number of carbonyl (C=O) groups is 1. The summed E-state index contributed by atoms with van der Waals surface area (Å²) in [6.07, 6.45) is 0.413. The number of primary sulfonamides is 1. The molecule has 0 radical (unpaired) electrons. The SMILES string of the molecule is CN=C(NCc1ccc(S(N)(=O)=O)cc1)NCC1CC(=O)Nc2ccccc21.I. The lowest BCUT2D eigenvalue weighted by Crippen LogP contribution is -2.40. The molecule has 29 heavy (non-hydrogen) atoms. The highest BCUT2D eigenvalue weighted by Gasteiger charge is 2.24. The van der Waals surface area contributed by atoms with Gasteiger partial charge in [0.15, 0.2) is 5.96 Å². The molecule has 2 aromatic carbocycles. The molecule has 3 rings (SSSR count). The molecule has 0 saturated heterocycles. The smallest absolute Gasteiger partial charge is 0.238 e. The number of para-hydroxylation sites is 1. The molecule has 0 aromatic heterocycles. The average Bonchev–Trinajstić information content (AvgIpc) is 2.67. The van der Waals surface area contributed by atoms with Crippen molar-refractivity contribution < 1.29 is 13.2 Å². The number of hydrogen-bond acceptors (Lipinski definition) is 4. The maximum atomic E-state index is 11.9. The van der Waals surface area contributed by atoms with E-state index in [0.717, 1.165) is 16.8 Å². The molecule has 5 N–H and O–H groups in total. The summed E-state index contributed by atoms with van der Waals surface area (Å²) in [5.41, 5.74) is 2.84. The number of guanidine groups is 1. The molecule has 1 aliphatic rings. The van der Waals surface area contributed by atoms with Crippen molar-refractivity contribution in [3.05, 3.63) is 59.7 Å². The molecule has 10 heteroatoms. The second-order valence-corrected chi connectivity index (χ2v) is 8.09. The fourth-order valence-corrected chi connectivity index (χ4v) is 3.62. The van der Waals surface area contributed by atoms with E-state index in [1.807, 2.05) is 24.3 Å². The van der Waals surface area contributed by atoms with Crippen molar-refractivity contribution in [2.75, 3.05) is 18.9 Å². The van der Waals surface area contributed by atoms with Crippen molar-refractivity contribution in [2.24, 2.45) is 10.1 Å². The molecule has 0 aliphatic carbocycles. The minimum Gasteiger partial charge on any atom is -0.356 e. The van der Waals surface area contributed by atoms with Gasteiger partial charge in [-0.1, -0.05) is 30.3 Å². The number of aliphatic imine (C=N–C) groups is 1. The Labute approximate surface area is 187 Å². The van der Waals surface area contributed by atoms with Crippen LogP contribution in [0.4, 0.5) is 5.69 Å². The summed E-state index contributed by atoms with van der Waals surface area (Å²) in [5.74, 6) is 0.653. The van der Waals surface area contributed by atoms with E-state index < -0.39 is 10.0 Å². The molecule has 0 fully saturated rings. The highest BCUT2D eigenvalue weighted by atomic mass is 127. The maximum absolute atomic E-state index is 11.9. The van der Waals surface area contributed by atoms with E-state index in [9.17, 15) is 13.2 Å². The van der Waals surface area contributed by atoms with E-state index in [-0.39, 0.29) is 40.7 Å². The van der Waals surface area contributed by atoms with Crippen molar-refractivity contribution in [3.8, 4) is 0 Å². The zero-order chi connectivity index (χ0) is 20.1. The van der Waals surface area contributed by atoms with Gasteiger partial charge < -0.3 is 16.0 Å². The lowest BCUT2D eigenvalue weighted by Gasteiger charge is -2.26. The predicted molar refractivity (Wildman–Crippen MR) is 124 cm³/mol. The molecule has 0 spiro atoms. The van der Waals surface area contributed by atoms with Crippen molar-refractivity contribution in [2.45, 2.75) is 23.8 Å². The number of benzene rings is 2. The third-order valence-corrected chi connectivity index (χ3v) is 5.49. The number of anilines is 1. The predicted octanol–water partition coefficient (Wildman–Crippen LogP) is 1.74. The lowest BCUT2D eigenvalue weighted by atomic mass is 9.90. The van der Waals surface area contributed by atoms with Gasteiger partial charge in [0.1, 0.15) is 0 Å². The topological polar surface area (TPSA) is 126 Å². The molecule has 0 saturated carbocycles. The number of nitrogens with zero attached hydrogens (tertiary/aromatic N) is 1. The summed E-state index contributed by atoms with van der Waals surface area (Å²) in [6.45, 7) is 1.03. The molecule has 1 atom stereocenters. The van der Waals surface area contributed by atoms with Crippen LogP contribution in [0.2, 0.25) is 0 Å². The first-order valence-electron chi connectivity index (χ1n) is 8.82. The van der Waals surface area contributed by atoms with Crippen LogP contribution in [0, 0.1) is 0 Å². The van der Waals surface area contributed by atoms with Crippen LogP contribution in [0.5, 0.6) is 0 Å². The summed E-state index contributed by atoms with van der Waals surface area (Å²) >= 11 is 0. The lowest BCUT2D eigenvalue weighted by molar-refractivity contribution is -0.116. The van der Waals surface area contributed by atoms with Gasteiger partial charge in [-0.25, -0.2) is 13.6 Å². The van der Waals surface area contributed by atoms with Gasteiger partial charge >= 0.3 is 0 Å². The minimum atomic E-state index is -3.69. The van der Waals surface area contributed by atoms with Crippen molar-refractivity contribution in [1.29, 1.82) is 0 Å². The largest absolute Gasteiger partial charge is 0.356 e. The second-order valence-electron chi connectivity index (χ2n) is 6.53. The molecular formula is C19H24IN5O3S. The molecule has 0 bridgehead atoms. The standard InChI is InChI=1S/C19H23N5O3S.HI/c1-21-19(22-11-13-6-8-15(9-7-13)28(20,26)27)23-12-14-10-18(25)24-17-5-3-2-4-16(14)17;/h2-9,14H,10-12H2,1H3,(H,24,25)(H2,20,26,27)(H2,21,22,23);1H. The summed E-state index contributed by atoms with van der Waals surface area (Å²) in [5, 5.41) is 14.4. The summed E-state index contributed by atoms with van der Waals surface area (Å²) in [7, 11) is -2.03. The Kier molecular flexibility index (Phi) is 7.99. The van der Waals surface area contributed by atoms with E-state index >= 15 is 0 Å². The second kappa shape index (κ2) is 10.0. The van der Waals surface area contributed by atoms with Crippen LogP contribution >= 0.6 is 24.0 Å².